The number of nitrogens with one attached hydrogen (secondary N) is 2. The molecule has 6 heteroatoms. The van der Waals surface area contributed by atoms with Crippen LogP contribution >= 0.6 is 24.0 Å². The number of nitrogens with zero attached hydrogens (tertiary/aromatic N) is 2. The van der Waals surface area contributed by atoms with E-state index >= 15 is 0 Å². The van der Waals surface area contributed by atoms with E-state index in [-0.39, 0.29) is 24.0 Å². The van der Waals surface area contributed by atoms with Gasteiger partial charge < -0.3 is 15.4 Å². The van der Waals surface area contributed by atoms with Gasteiger partial charge in [0.25, 0.3) is 0 Å². The first kappa shape index (κ1) is 21.3. The molecule has 1 saturated heterocycles. The molecule has 2 N–H and O–H groups in total. The van der Waals surface area contributed by atoms with Gasteiger partial charge in [-0.3, -0.25) is 9.89 Å². The smallest absolute Gasteiger partial charge is 0.191 e. The van der Waals surface area contributed by atoms with E-state index in [9.17, 15) is 0 Å². The summed E-state index contributed by atoms with van der Waals surface area (Å²) in [4.78, 5) is 7.00. The lowest BCUT2D eigenvalue weighted by Gasteiger charge is -2.35. The zero-order valence-electron chi connectivity index (χ0n) is 16.2. The van der Waals surface area contributed by atoms with Crippen molar-refractivity contribution < 1.29 is 4.74 Å². The van der Waals surface area contributed by atoms with Crippen LogP contribution in [0.2, 0.25) is 0 Å². The maximum Gasteiger partial charge on any atom is 0.191 e. The molecule has 3 atom stereocenters. The summed E-state index contributed by atoms with van der Waals surface area (Å²) in [6, 6.07) is 9.45. The van der Waals surface area contributed by atoms with Gasteiger partial charge in [-0.15, -0.1) is 24.0 Å². The largest absolute Gasteiger partial charge is 0.497 e. The van der Waals surface area contributed by atoms with Crippen LogP contribution in [0.25, 0.3) is 0 Å². The van der Waals surface area contributed by atoms with Crippen molar-refractivity contribution in [2.75, 3.05) is 33.8 Å². The van der Waals surface area contributed by atoms with E-state index in [2.05, 4.69) is 51.7 Å². The number of ether oxygens (including phenoxy) is 1. The van der Waals surface area contributed by atoms with E-state index in [1.54, 1.807) is 7.11 Å². The first-order valence-corrected chi connectivity index (χ1v) is 9.56. The van der Waals surface area contributed by atoms with Gasteiger partial charge in [0.05, 0.1) is 13.2 Å². The molecule has 1 aliphatic heterocycles. The van der Waals surface area contributed by atoms with Crippen LogP contribution in [0.5, 0.6) is 5.75 Å². The summed E-state index contributed by atoms with van der Waals surface area (Å²) in [5.41, 5.74) is 1.34. The fourth-order valence-corrected chi connectivity index (χ4v) is 3.60. The van der Waals surface area contributed by atoms with Crippen molar-refractivity contribution >= 4 is 29.9 Å². The molecular weight excluding hydrogens is 439 g/mol. The summed E-state index contributed by atoms with van der Waals surface area (Å²) < 4.78 is 5.31. The molecule has 1 aliphatic carbocycles. The summed E-state index contributed by atoms with van der Waals surface area (Å²) in [5.74, 6) is 2.59. The lowest BCUT2D eigenvalue weighted by atomic mass is 10.0. The van der Waals surface area contributed by atoms with Crippen LogP contribution in [-0.2, 0) is 0 Å². The second-order valence-electron chi connectivity index (χ2n) is 7.30. The molecule has 1 heterocycles. The van der Waals surface area contributed by atoms with E-state index in [0.717, 1.165) is 24.2 Å². The summed E-state index contributed by atoms with van der Waals surface area (Å²) in [7, 11) is 3.57. The van der Waals surface area contributed by atoms with Crippen LogP contribution in [0.1, 0.15) is 44.2 Å². The van der Waals surface area contributed by atoms with Gasteiger partial charge >= 0.3 is 0 Å². The second kappa shape index (κ2) is 10.3. The molecule has 1 saturated carbocycles. The molecule has 0 radical (unpaired) electrons. The lowest BCUT2D eigenvalue weighted by molar-refractivity contribution is 0.164. The number of hydrogen-bond donors (Lipinski definition) is 2. The molecule has 3 unspecified atom stereocenters. The topological polar surface area (TPSA) is 48.9 Å². The number of aliphatic imine (C=N–C) groups is 1. The molecule has 5 nitrogen and oxygen atoms in total. The van der Waals surface area contributed by atoms with E-state index in [0.29, 0.717) is 12.1 Å². The molecule has 0 amide bonds. The van der Waals surface area contributed by atoms with E-state index in [4.69, 9.17) is 4.74 Å². The quantitative estimate of drug-likeness (QED) is 0.379. The molecule has 146 valence electrons. The van der Waals surface area contributed by atoms with Crippen molar-refractivity contribution in [3.8, 4) is 5.75 Å². The third-order valence-electron chi connectivity index (χ3n) is 5.45. The first-order valence-electron chi connectivity index (χ1n) is 9.56. The number of methoxy groups -OCH3 is 1. The van der Waals surface area contributed by atoms with Crippen molar-refractivity contribution in [2.45, 2.75) is 44.7 Å². The number of hydrogen-bond acceptors (Lipinski definition) is 3. The number of halogens is 1. The molecule has 0 bridgehead atoms. The standard InChI is InChI=1S/C20H32N4O.HI/c1-15-13-18(15)23-20(21-2)22-14-19(24-11-5-4-6-12-24)16-7-9-17(25-3)10-8-16;/h7-10,15,18-19H,4-6,11-14H2,1-3H3,(H2,21,22,23);1H. The highest BCUT2D eigenvalue weighted by Crippen LogP contribution is 2.29. The van der Waals surface area contributed by atoms with Crippen LogP contribution in [0.4, 0.5) is 0 Å². The first-order chi connectivity index (χ1) is 12.2. The van der Waals surface area contributed by atoms with Crippen molar-refractivity contribution in [1.29, 1.82) is 0 Å². The SMILES string of the molecule is CN=C(NCC(c1ccc(OC)cc1)N1CCCCC1)NC1CC1C.I. The normalized spacial score (nSPS) is 24.3. The summed E-state index contributed by atoms with van der Waals surface area (Å²) in [6.45, 7) is 5.49. The summed E-state index contributed by atoms with van der Waals surface area (Å²) in [5, 5.41) is 7.07. The van der Waals surface area contributed by atoms with Gasteiger partial charge in [0, 0.05) is 19.6 Å². The zero-order valence-corrected chi connectivity index (χ0v) is 18.5. The van der Waals surface area contributed by atoms with Crippen LogP contribution in [0, 0.1) is 5.92 Å². The molecule has 0 aromatic heterocycles. The Balaban J connectivity index is 0.00000243. The minimum atomic E-state index is 0. The van der Waals surface area contributed by atoms with Crippen LogP contribution < -0.4 is 15.4 Å². The predicted molar refractivity (Wildman–Crippen MR) is 119 cm³/mol. The Morgan fingerprint density at radius 2 is 1.88 bits per heavy atom. The third-order valence-corrected chi connectivity index (χ3v) is 5.45. The van der Waals surface area contributed by atoms with E-state index in [1.165, 1.54) is 44.3 Å². The third kappa shape index (κ3) is 5.74. The molecular formula is C20H33IN4O. The van der Waals surface area contributed by atoms with Crippen LogP contribution in [-0.4, -0.2) is 50.7 Å². The average molecular weight is 472 g/mol. The number of guanidine groups is 1. The van der Waals surface area contributed by atoms with Gasteiger partial charge in [-0.2, -0.15) is 0 Å². The lowest BCUT2D eigenvalue weighted by Crippen LogP contribution is -2.45. The molecule has 1 aromatic rings. The van der Waals surface area contributed by atoms with Gasteiger partial charge in [-0.1, -0.05) is 25.5 Å². The van der Waals surface area contributed by atoms with Gasteiger partial charge in [0.2, 0.25) is 0 Å². The van der Waals surface area contributed by atoms with Crippen molar-refractivity contribution in [3.63, 3.8) is 0 Å². The number of likely N-dealkylation sites (tertiary alicyclic amines) is 1. The second-order valence-corrected chi connectivity index (χ2v) is 7.30. The van der Waals surface area contributed by atoms with Crippen molar-refractivity contribution in [1.82, 2.24) is 15.5 Å². The Labute approximate surface area is 175 Å². The Morgan fingerprint density at radius 1 is 1.23 bits per heavy atom. The molecule has 2 aliphatic rings. The molecule has 3 rings (SSSR count). The van der Waals surface area contributed by atoms with Crippen LogP contribution in [0.15, 0.2) is 29.3 Å². The fraction of sp³-hybridized carbons (Fsp3) is 0.650. The van der Waals surface area contributed by atoms with Gasteiger partial charge in [0.15, 0.2) is 5.96 Å². The van der Waals surface area contributed by atoms with E-state index in [1.807, 2.05) is 7.05 Å². The molecule has 26 heavy (non-hydrogen) atoms. The van der Waals surface area contributed by atoms with Crippen molar-refractivity contribution in [2.24, 2.45) is 10.9 Å². The zero-order chi connectivity index (χ0) is 17.6. The maximum atomic E-state index is 5.31. The Bertz CT molecular complexity index is 572. The van der Waals surface area contributed by atoms with Gasteiger partial charge in [0.1, 0.15) is 5.75 Å². The number of benzene rings is 1. The minimum Gasteiger partial charge on any atom is -0.497 e. The molecule has 0 spiro atoms. The Kier molecular flexibility index (Phi) is 8.47. The Morgan fingerprint density at radius 3 is 2.42 bits per heavy atom. The molecule has 2 fully saturated rings. The Hall–Kier alpha value is -1.02. The van der Waals surface area contributed by atoms with Crippen LogP contribution in [0.3, 0.4) is 0 Å². The van der Waals surface area contributed by atoms with E-state index < -0.39 is 0 Å². The van der Waals surface area contributed by atoms with Crippen molar-refractivity contribution in [3.05, 3.63) is 29.8 Å². The summed E-state index contributed by atoms with van der Waals surface area (Å²) in [6.07, 6.45) is 5.18. The van der Waals surface area contributed by atoms with Gasteiger partial charge in [-0.25, -0.2) is 0 Å². The number of piperidine rings is 1. The minimum absolute atomic E-state index is 0. The van der Waals surface area contributed by atoms with Gasteiger partial charge in [-0.05, 0) is 56.0 Å². The highest BCUT2D eigenvalue weighted by molar-refractivity contribution is 14.0. The number of rotatable bonds is 6. The predicted octanol–water partition coefficient (Wildman–Crippen LogP) is 3.41. The fourth-order valence-electron chi connectivity index (χ4n) is 3.60. The highest BCUT2D eigenvalue weighted by atomic mass is 127. The monoisotopic (exact) mass is 472 g/mol. The highest BCUT2D eigenvalue weighted by Gasteiger charge is 2.33. The molecule has 1 aromatic carbocycles. The maximum absolute atomic E-state index is 5.31. The summed E-state index contributed by atoms with van der Waals surface area (Å²) >= 11 is 0. The average Bonchev–Trinajstić information content (AvgIpc) is 3.37.